The van der Waals surface area contributed by atoms with Crippen LogP contribution in [-0.4, -0.2) is 11.9 Å². The molecular weight excluding hydrogens is 247 g/mol. The van der Waals surface area contributed by atoms with Gasteiger partial charge < -0.3 is 0 Å². The van der Waals surface area contributed by atoms with Gasteiger partial charge in [0.25, 0.3) is 0 Å². The topological polar surface area (TPSA) is 46.5 Å². The number of isocyanates is 1. The summed E-state index contributed by atoms with van der Waals surface area (Å²) in [6.07, 6.45) is -2.96. The molecule has 1 aliphatic rings. The maximum absolute atomic E-state index is 12.4. The summed E-state index contributed by atoms with van der Waals surface area (Å²) in [4.78, 5) is 24.9. The van der Waals surface area contributed by atoms with Gasteiger partial charge in [-0.1, -0.05) is 12.1 Å². The zero-order valence-electron chi connectivity index (χ0n) is 9.12. The summed E-state index contributed by atoms with van der Waals surface area (Å²) < 4.78 is 37.1. The van der Waals surface area contributed by atoms with E-state index in [0.717, 1.165) is 12.1 Å². The third-order valence-electron chi connectivity index (χ3n) is 2.99. The van der Waals surface area contributed by atoms with Crippen molar-refractivity contribution in [1.82, 2.24) is 0 Å². The summed E-state index contributed by atoms with van der Waals surface area (Å²) in [7, 11) is 0. The minimum Gasteiger partial charge on any atom is -0.299 e. The highest BCUT2D eigenvalue weighted by Gasteiger charge is 2.45. The van der Waals surface area contributed by atoms with Gasteiger partial charge in [0, 0.05) is 12.8 Å². The second kappa shape index (κ2) is 4.07. The fourth-order valence-corrected chi connectivity index (χ4v) is 2.01. The van der Waals surface area contributed by atoms with Crippen LogP contribution in [0, 0.1) is 0 Å². The lowest BCUT2D eigenvalue weighted by Crippen LogP contribution is -2.39. The van der Waals surface area contributed by atoms with E-state index in [1.807, 2.05) is 0 Å². The summed E-state index contributed by atoms with van der Waals surface area (Å²) in [5, 5.41) is 0. The van der Waals surface area contributed by atoms with Crippen molar-refractivity contribution in [2.75, 3.05) is 0 Å². The molecule has 0 amide bonds. The Labute approximate surface area is 100 Å². The molecule has 6 heteroatoms. The molecule has 1 fully saturated rings. The monoisotopic (exact) mass is 255 g/mol. The highest BCUT2D eigenvalue weighted by atomic mass is 19.4. The predicted octanol–water partition coefficient (Wildman–Crippen LogP) is 2.60. The average molecular weight is 255 g/mol. The van der Waals surface area contributed by atoms with Crippen molar-refractivity contribution >= 4 is 11.9 Å². The van der Waals surface area contributed by atoms with Crippen LogP contribution in [0.25, 0.3) is 0 Å². The Balaban J connectivity index is 2.34. The van der Waals surface area contributed by atoms with E-state index in [9.17, 15) is 22.8 Å². The molecule has 18 heavy (non-hydrogen) atoms. The first-order valence-electron chi connectivity index (χ1n) is 5.16. The van der Waals surface area contributed by atoms with Crippen molar-refractivity contribution < 1.29 is 22.8 Å². The van der Waals surface area contributed by atoms with Crippen LogP contribution in [0.1, 0.15) is 24.0 Å². The number of aliphatic imine (C=N–C) groups is 1. The van der Waals surface area contributed by atoms with E-state index >= 15 is 0 Å². The van der Waals surface area contributed by atoms with Gasteiger partial charge in [-0.25, -0.2) is 4.79 Å². The van der Waals surface area contributed by atoms with Crippen LogP contribution in [0.15, 0.2) is 29.3 Å². The first-order chi connectivity index (χ1) is 8.37. The van der Waals surface area contributed by atoms with Crippen molar-refractivity contribution in [3.8, 4) is 0 Å². The van der Waals surface area contributed by atoms with Gasteiger partial charge in [-0.05, 0) is 17.7 Å². The molecule has 0 aliphatic heterocycles. The maximum atomic E-state index is 12.4. The quantitative estimate of drug-likeness (QED) is 0.602. The van der Waals surface area contributed by atoms with Crippen LogP contribution < -0.4 is 0 Å². The Bertz CT molecular complexity index is 519. The van der Waals surface area contributed by atoms with E-state index in [4.69, 9.17) is 0 Å². The molecule has 1 aromatic rings. The van der Waals surface area contributed by atoms with Gasteiger partial charge in [-0.3, -0.25) is 4.79 Å². The maximum Gasteiger partial charge on any atom is 0.416 e. The smallest absolute Gasteiger partial charge is 0.299 e. The van der Waals surface area contributed by atoms with Gasteiger partial charge >= 0.3 is 6.18 Å². The lowest BCUT2D eigenvalue weighted by Gasteiger charge is -2.35. The van der Waals surface area contributed by atoms with Gasteiger partial charge in [0.2, 0.25) is 6.08 Å². The third-order valence-corrected chi connectivity index (χ3v) is 2.99. The lowest BCUT2D eigenvalue weighted by atomic mass is 9.71. The Hall–Kier alpha value is -1.94. The first kappa shape index (κ1) is 12.5. The van der Waals surface area contributed by atoms with Crippen LogP contribution in [-0.2, 0) is 21.3 Å². The average Bonchev–Trinajstić information content (AvgIpc) is 2.26. The molecule has 1 saturated carbocycles. The number of benzene rings is 1. The van der Waals surface area contributed by atoms with Gasteiger partial charge in [-0.2, -0.15) is 18.2 Å². The van der Waals surface area contributed by atoms with Gasteiger partial charge in [0.1, 0.15) is 11.3 Å². The van der Waals surface area contributed by atoms with Crippen molar-refractivity contribution in [3.05, 3.63) is 35.4 Å². The Morgan fingerprint density at radius 3 is 2.11 bits per heavy atom. The highest BCUT2D eigenvalue weighted by Crippen LogP contribution is 2.43. The number of carbonyl (C=O) groups is 1. The number of rotatable bonds is 2. The molecular formula is C12H8F3NO2. The molecule has 1 aliphatic carbocycles. The molecule has 0 N–H and O–H groups in total. The van der Waals surface area contributed by atoms with E-state index < -0.39 is 17.3 Å². The summed E-state index contributed by atoms with van der Waals surface area (Å²) in [5.41, 5.74) is -1.36. The lowest BCUT2D eigenvalue weighted by molar-refractivity contribution is -0.137. The first-order valence-corrected chi connectivity index (χ1v) is 5.16. The van der Waals surface area contributed by atoms with E-state index in [-0.39, 0.29) is 18.6 Å². The number of hydrogen-bond donors (Lipinski definition) is 0. The van der Waals surface area contributed by atoms with Crippen LogP contribution in [0.4, 0.5) is 13.2 Å². The number of ketones is 1. The molecule has 0 atom stereocenters. The van der Waals surface area contributed by atoms with Gasteiger partial charge in [0.15, 0.2) is 0 Å². The molecule has 2 rings (SSSR count). The molecule has 0 heterocycles. The number of carbonyl (C=O) groups excluding carboxylic acids is 2. The summed E-state index contributed by atoms with van der Waals surface area (Å²) >= 11 is 0. The summed E-state index contributed by atoms with van der Waals surface area (Å²) in [6.45, 7) is 0. The van der Waals surface area contributed by atoms with Crippen LogP contribution in [0.3, 0.4) is 0 Å². The van der Waals surface area contributed by atoms with Crippen molar-refractivity contribution in [2.24, 2.45) is 4.99 Å². The number of hydrogen-bond acceptors (Lipinski definition) is 3. The molecule has 0 unspecified atom stereocenters. The summed E-state index contributed by atoms with van der Waals surface area (Å²) in [6, 6.07) is 4.33. The molecule has 0 aromatic heterocycles. The Kier molecular flexibility index (Phi) is 2.83. The third kappa shape index (κ3) is 2.07. The summed E-state index contributed by atoms with van der Waals surface area (Å²) in [5.74, 6) is -0.0751. The molecule has 0 radical (unpaired) electrons. The number of Topliss-reactive ketones (excluding diaryl/α,β-unsaturated/α-hetero) is 1. The fraction of sp³-hybridized carbons (Fsp3) is 0.333. The van der Waals surface area contributed by atoms with E-state index in [2.05, 4.69) is 4.99 Å². The van der Waals surface area contributed by atoms with Crippen LogP contribution >= 0.6 is 0 Å². The SMILES string of the molecule is O=C=NC1(c2ccc(C(F)(F)F)cc2)CC(=O)C1. The predicted molar refractivity (Wildman–Crippen MR) is 55.5 cm³/mol. The van der Waals surface area contributed by atoms with E-state index in [1.54, 1.807) is 0 Å². The molecule has 3 nitrogen and oxygen atoms in total. The van der Waals surface area contributed by atoms with Gasteiger partial charge in [-0.15, -0.1) is 0 Å². The molecule has 94 valence electrons. The highest BCUT2D eigenvalue weighted by molar-refractivity contribution is 5.88. The zero-order chi connectivity index (χ0) is 13.4. The van der Waals surface area contributed by atoms with Crippen molar-refractivity contribution in [2.45, 2.75) is 24.6 Å². The van der Waals surface area contributed by atoms with Gasteiger partial charge in [0.05, 0.1) is 5.56 Å². The minimum absolute atomic E-state index is 0.0353. The second-order valence-corrected chi connectivity index (χ2v) is 4.20. The second-order valence-electron chi connectivity index (χ2n) is 4.20. The molecule has 0 bridgehead atoms. The number of nitrogens with zero attached hydrogens (tertiary/aromatic N) is 1. The van der Waals surface area contributed by atoms with Crippen LogP contribution in [0.2, 0.25) is 0 Å². The molecule has 0 saturated heterocycles. The largest absolute Gasteiger partial charge is 0.416 e. The Morgan fingerprint density at radius 2 is 1.72 bits per heavy atom. The zero-order valence-corrected chi connectivity index (χ0v) is 9.12. The standard InChI is InChI=1S/C12H8F3NO2/c13-12(14,15)9-3-1-8(2-4-9)11(16-7-17)5-10(18)6-11/h1-4H,5-6H2. The van der Waals surface area contributed by atoms with Crippen molar-refractivity contribution in [1.29, 1.82) is 0 Å². The minimum atomic E-state index is -4.41. The normalized spacial score (nSPS) is 17.8. The van der Waals surface area contributed by atoms with E-state index in [0.29, 0.717) is 5.56 Å². The molecule has 1 aromatic carbocycles. The number of halogens is 3. The molecule has 0 spiro atoms. The van der Waals surface area contributed by atoms with Crippen LogP contribution in [0.5, 0.6) is 0 Å². The number of alkyl halides is 3. The Morgan fingerprint density at radius 1 is 1.17 bits per heavy atom. The van der Waals surface area contributed by atoms with E-state index in [1.165, 1.54) is 18.2 Å². The fourth-order valence-electron chi connectivity index (χ4n) is 2.01. The van der Waals surface area contributed by atoms with Crippen molar-refractivity contribution in [3.63, 3.8) is 0 Å².